The smallest absolute Gasteiger partial charge is 0.144 e. The maximum Gasteiger partial charge on any atom is 0.144 e. The second-order valence-corrected chi connectivity index (χ2v) is 6.08. The van der Waals surface area contributed by atoms with E-state index in [4.69, 9.17) is 5.73 Å². The van der Waals surface area contributed by atoms with Crippen molar-refractivity contribution in [1.82, 2.24) is 14.9 Å². The van der Waals surface area contributed by atoms with Crippen molar-refractivity contribution >= 4 is 5.82 Å². The number of aryl methyl sites for hydroxylation is 1. The van der Waals surface area contributed by atoms with E-state index in [-0.39, 0.29) is 0 Å². The molecule has 1 saturated heterocycles. The first-order chi connectivity index (χ1) is 9.22. The van der Waals surface area contributed by atoms with Gasteiger partial charge in [-0.15, -0.1) is 0 Å². The van der Waals surface area contributed by atoms with E-state index in [1.807, 2.05) is 13.0 Å². The zero-order valence-electron chi connectivity index (χ0n) is 11.8. The van der Waals surface area contributed by atoms with Crippen LogP contribution >= 0.6 is 0 Å². The number of anilines is 1. The summed E-state index contributed by atoms with van der Waals surface area (Å²) in [5.74, 6) is 2.39. The Labute approximate surface area is 115 Å². The fourth-order valence-electron chi connectivity index (χ4n) is 3.83. The summed E-state index contributed by atoms with van der Waals surface area (Å²) in [7, 11) is 0. The monoisotopic (exact) mass is 260 g/mol. The van der Waals surface area contributed by atoms with E-state index in [9.17, 15) is 0 Å². The Bertz CT molecular complexity index is 420. The van der Waals surface area contributed by atoms with E-state index >= 15 is 0 Å². The summed E-state index contributed by atoms with van der Waals surface area (Å²) in [6, 6.07) is 2.59. The highest BCUT2D eigenvalue weighted by molar-refractivity contribution is 5.29. The highest BCUT2D eigenvalue weighted by Gasteiger charge is 2.33. The lowest BCUT2D eigenvalue weighted by Crippen LogP contribution is -2.34. The van der Waals surface area contributed by atoms with Crippen LogP contribution in [0.1, 0.15) is 50.0 Å². The number of hydrogen-bond donors (Lipinski definition) is 1. The molecule has 1 aromatic rings. The van der Waals surface area contributed by atoms with Gasteiger partial charge in [-0.3, -0.25) is 4.90 Å². The molecule has 0 aromatic carbocycles. The molecule has 1 unspecified atom stereocenters. The quantitative estimate of drug-likeness (QED) is 0.907. The van der Waals surface area contributed by atoms with Crippen LogP contribution in [0.4, 0.5) is 5.82 Å². The fraction of sp³-hybridized carbons (Fsp3) is 0.733. The van der Waals surface area contributed by atoms with Gasteiger partial charge in [0.2, 0.25) is 0 Å². The SMILES string of the molecule is Cc1cc(N)nc(CN2CCCC2C2CCCC2)n1. The molecule has 104 valence electrons. The Morgan fingerprint density at radius 3 is 2.74 bits per heavy atom. The molecule has 2 fully saturated rings. The number of nitrogens with zero attached hydrogens (tertiary/aromatic N) is 3. The number of hydrogen-bond acceptors (Lipinski definition) is 4. The molecule has 2 aliphatic rings. The van der Waals surface area contributed by atoms with Gasteiger partial charge < -0.3 is 5.73 Å². The molecule has 2 N–H and O–H groups in total. The molecule has 19 heavy (non-hydrogen) atoms. The van der Waals surface area contributed by atoms with Gasteiger partial charge in [0.15, 0.2) is 0 Å². The normalized spacial score (nSPS) is 25.2. The predicted octanol–water partition coefficient (Wildman–Crippen LogP) is 2.52. The lowest BCUT2D eigenvalue weighted by atomic mass is 9.96. The number of nitrogen functional groups attached to an aromatic ring is 1. The molecule has 1 atom stereocenters. The minimum Gasteiger partial charge on any atom is -0.384 e. The minimum atomic E-state index is 0.596. The largest absolute Gasteiger partial charge is 0.384 e. The summed E-state index contributed by atoms with van der Waals surface area (Å²) in [4.78, 5) is 11.5. The maximum atomic E-state index is 5.82. The zero-order valence-corrected chi connectivity index (χ0v) is 11.8. The second-order valence-electron chi connectivity index (χ2n) is 6.08. The molecule has 0 bridgehead atoms. The van der Waals surface area contributed by atoms with Gasteiger partial charge in [-0.05, 0) is 45.1 Å². The van der Waals surface area contributed by atoms with Crippen molar-refractivity contribution in [3.8, 4) is 0 Å². The van der Waals surface area contributed by atoms with Crippen molar-refractivity contribution < 1.29 is 0 Å². The van der Waals surface area contributed by atoms with Gasteiger partial charge in [0.1, 0.15) is 11.6 Å². The minimum absolute atomic E-state index is 0.596. The van der Waals surface area contributed by atoms with E-state index in [0.717, 1.165) is 30.0 Å². The first-order valence-corrected chi connectivity index (χ1v) is 7.56. The standard InChI is InChI=1S/C15H24N4/c1-11-9-14(16)18-15(17-11)10-19-8-4-7-13(19)12-5-2-3-6-12/h9,12-13H,2-8,10H2,1H3,(H2,16,17,18). The van der Waals surface area contributed by atoms with E-state index in [1.54, 1.807) is 0 Å². The Morgan fingerprint density at radius 1 is 1.21 bits per heavy atom. The molecule has 0 radical (unpaired) electrons. The van der Waals surface area contributed by atoms with Gasteiger partial charge in [0, 0.05) is 17.8 Å². The fourth-order valence-corrected chi connectivity index (χ4v) is 3.83. The molecule has 0 amide bonds. The van der Waals surface area contributed by atoms with Gasteiger partial charge in [0.05, 0.1) is 6.54 Å². The first kappa shape index (κ1) is 12.9. The molecule has 1 aromatic heterocycles. The van der Waals surface area contributed by atoms with Gasteiger partial charge in [-0.25, -0.2) is 9.97 Å². The van der Waals surface area contributed by atoms with Crippen LogP contribution in [0.5, 0.6) is 0 Å². The predicted molar refractivity (Wildman–Crippen MR) is 76.6 cm³/mol. The van der Waals surface area contributed by atoms with E-state index in [2.05, 4.69) is 14.9 Å². The van der Waals surface area contributed by atoms with Crippen molar-refractivity contribution in [2.24, 2.45) is 5.92 Å². The lowest BCUT2D eigenvalue weighted by Gasteiger charge is -2.28. The average Bonchev–Trinajstić information content (AvgIpc) is 2.96. The lowest BCUT2D eigenvalue weighted by molar-refractivity contribution is 0.179. The Balaban J connectivity index is 1.70. The zero-order chi connectivity index (χ0) is 13.2. The Kier molecular flexibility index (Phi) is 3.69. The van der Waals surface area contributed by atoms with Crippen LogP contribution in [-0.4, -0.2) is 27.5 Å². The van der Waals surface area contributed by atoms with E-state index in [0.29, 0.717) is 5.82 Å². The van der Waals surface area contributed by atoms with Crippen molar-refractivity contribution in [2.45, 2.75) is 58.0 Å². The van der Waals surface area contributed by atoms with Gasteiger partial charge in [0.25, 0.3) is 0 Å². The van der Waals surface area contributed by atoms with E-state index in [1.165, 1.54) is 45.1 Å². The molecular weight excluding hydrogens is 236 g/mol. The summed E-state index contributed by atoms with van der Waals surface area (Å²) in [6.45, 7) is 4.05. The summed E-state index contributed by atoms with van der Waals surface area (Å²) in [5.41, 5.74) is 6.79. The van der Waals surface area contributed by atoms with Crippen LogP contribution in [-0.2, 0) is 6.54 Å². The highest BCUT2D eigenvalue weighted by atomic mass is 15.2. The molecule has 1 aliphatic carbocycles. The van der Waals surface area contributed by atoms with Crippen molar-refractivity contribution in [3.05, 3.63) is 17.6 Å². The van der Waals surface area contributed by atoms with Gasteiger partial charge >= 0.3 is 0 Å². The third-order valence-corrected chi connectivity index (χ3v) is 4.62. The molecule has 2 heterocycles. The topological polar surface area (TPSA) is 55.0 Å². The van der Waals surface area contributed by atoms with Gasteiger partial charge in [-0.2, -0.15) is 0 Å². The van der Waals surface area contributed by atoms with Crippen LogP contribution in [0.2, 0.25) is 0 Å². The third-order valence-electron chi connectivity index (χ3n) is 4.62. The number of aromatic nitrogens is 2. The average molecular weight is 260 g/mol. The van der Waals surface area contributed by atoms with Crippen LogP contribution in [0.3, 0.4) is 0 Å². The number of rotatable bonds is 3. The summed E-state index contributed by atoms with van der Waals surface area (Å²) < 4.78 is 0. The van der Waals surface area contributed by atoms with Crippen LogP contribution in [0.15, 0.2) is 6.07 Å². The number of nitrogens with two attached hydrogens (primary N) is 1. The molecule has 4 heteroatoms. The van der Waals surface area contributed by atoms with Gasteiger partial charge in [-0.1, -0.05) is 12.8 Å². The Hall–Kier alpha value is -1.16. The van der Waals surface area contributed by atoms with Crippen LogP contribution in [0.25, 0.3) is 0 Å². The van der Waals surface area contributed by atoms with Crippen LogP contribution in [0, 0.1) is 12.8 Å². The molecule has 1 aliphatic heterocycles. The van der Waals surface area contributed by atoms with E-state index < -0.39 is 0 Å². The van der Waals surface area contributed by atoms with Crippen molar-refractivity contribution in [2.75, 3.05) is 12.3 Å². The molecule has 0 spiro atoms. The summed E-state index contributed by atoms with van der Waals surface area (Å²) >= 11 is 0. The molecular formula is C15H24N4. The second kappa shape index (κ2) is 5.45. The number of likely N-dealkylation sites (tertiary alicyclic amines) is 1. The Morgan fingerprint density at radius 2 is 2.00 bits per heavy atom. The first-order valence-electron chi connectivity index (χ1n) is 7.56. The summed E-state index contributed by atoms with van der Waals surface area (Å²) in [5, 5.41) is 0. The van der Waals surface area contributed by atoms with Crippen LogP contribution < -0.4 is 5.73 Å². The third kappa shape index (κ3) is 2.89. The van der Waals surface area contributed by atoms with Crippen molar-refractivity contribution in [3.63, 3.8) is 0 Å². The maximum absolute atomic E-state index is 5.82. The molecule has 1 saturated carbocycles. The van der Waals surface area contributed by atoms with Crippen molar-refractivity contribution in [1.29, 1.82) is 0 Å². The highest BCUT2D eigenvalue weighted by Crippen LogP contribution is 2.35. The molecule has 4 nitrogen and oxygen atoms in total. The summed E-state index contributed by atoms with van der Waals surface area (Å²) in [6.07, 6.45) is 8.34. The molecule has 3 rings (SSSR count).